The summed E-state index contributed by atoms with van der Waals surface area (Å²) in [6.45, 7) is 0. The van der Waals surface area contributed by atoms with Gasteiger partial charge in [-0.1, -0.05) is 0 Å². The van der Waals surface area contributed by atoms with E-state index in [1.165, 1.54) is 0 Å². The summed E-state index contributed by atoms with van der Waals surface area (Å²) >= 11 is 0. The smallest absolute Gasteiger partial charge is 0.393 e. The Balaban J connectivity index is 2.21. The highest BCUT2D eigenvalue weighted by Gasteiger charge is 2.34. The van der Waals surface area contributed by atoms with Crippen molar-refractivity contribution in [2.75, 3.05) is 0 Å². The molecular formula is C14H15F3N2O4. The fourth-order valence-corrected chi connectivity index (χ4v) is 2.53. The Bertz CT molecular complexity index is 611. The van der Waals surface area contributed by atoms with Crippen LogP contribution in [-0.2, 0) is 6.18 Å². The van der Waals surface area contributed by atoms with Gasteiger partial charge in [-0.15, -0.1) is 0 Å². The van der Waals surface area contributed by atoms with Gasteiger partial charge in [-0.2, -0.15) is 13.2 Å². The van der Waals surface area contributed by atoms with Crippen LogP contribution in [-0.4, -0.2) is 28.1 Å². The number of halogens is 3. The van der Waals surface area contributed by atoms with Crippen molar-refractivity contribution in [3.05, 3.63) is 39.4 Å². The first-order chi connectivity index (χ1) is 10.7. The number of alkyl halides is 3. The first-order valence-corrected chi connectivity index (χ1v) is 7.03. The zero-order valence-electron chi connectivity index (χ0n) is 12.0. The molecule has 1 aliphatic carbocycles. The second-order valence-electron chi connectivity index (χ2n) is 5.47. The molecule has 23 heavy (non-hydrogen) atoms. The van der Waals surface area contributed by atoms with Crippen LogP contribution >= 0.6 is 0 Å². The molecule has 1 aromatic carbocycles. The number of aliphatic hydroxyl groups is 1. The molecule has 9 heteroatoms. The molecule has 6 nitrogen and oxygen atoms in total. The highest BCUT2D eigenvalue weighted by molar-refractivity contribution is 5.98. The number of nitrogens with zero attached hydrogens (tertiary/aromatic N) is 1. The van der Waals surface area contributed by atoms with Gasteiger partial charge in [-0.05, 0) is 37.8 Å². The molecule has 126 valence electrons. The van der Waals surface area contributed by atoms with Crippen molar-refractivity contribution in [1.29, 1.82) is 0 Å². The van der Waals surface area contributed by atoms with Gasteiger partial charge < -0.3 is 10.4 Å². The zero-order valence-corrected chi connectivity index (χ0v) is 12.0. The molecule has 0 aliphatic heterocycles. The van der Waals surface area contributed by atoms with Gasteiger partial charge in [-0.25, -0.2) is 0 Å². The number of rotatable bonds is 3. The van der Waals surface area contributed by atoms with Crippen molar-refractivity contribution in [1.82, 2.24) is 5.32 Å². The minimum Gasteiger partial charge on any atom is -0.393 e. The second kappa shape index (κ2) is 6.53. The summed E-state index contributed by atoms with van der Waals surface area (Å²) in [5.41, 5.74) is -2.47. The molecule has 1 aliphatic rings. The van der Waals surface area contributed by atoms with Crippen LogP contribution in [0.5, 0.6) is 0 Å². The number of nitro groups is 1. The second-order valence-corrected chi connectivity index (χ2v) is 5.47. The van der Waals surface area contributed by atoms with Gasteiger partial charge in [0.05, 0.1) is 16.6 Å². The SMILES string of the molecule is O=C(NC1CCC(O)CC1)c1ccc(C(F)(F)F)cc1[N+](=O)[O-]. The van der Waals surface area contributed by atoms with Gasteiger partial charge in [0.2, 0.25) is 0 Å². The molecular weight excluding hydrogens is 317 g/mol. The molecule has 0 bridgehead atoms. The van der Waals surface area contributed by atoms with E-state index in [2.05, 4.69) is 5.32 Å². The van der Waals surface area contributed by atoms with Crippen LogP contribution in [0.15, 0.2) is 18.2 Å². The molecule has 0 heterocycles. The average Bonchev–Trinajstić information content (AvgIpc) is 2.48. The quantitative estimate of drug-likeness (QED) is 0.657. The van der Waals surface area contributed by atoms with Crippen molar-refractivity contribution >= 4 is 11.6 Å². The molecule has 2 rings (SSSR count). The molecule has 1 fully saturated rings. The molecule has 0 aromatic heterocycles. The third-order valence-electron chi connectivity index (χ3n) is 3.80. The first-order valence-electron chi connectivity index (χ1n) is 7.03. The molecule has 0 spiro atoms. The topological polar surface area (TPSA) is 92.5 Å². The first kappa shape index (κ1) is 17.2. The van der Waals surface area contributed by atoms with Crippen molar-refractivity contribution < 1.29 is 28.0 Å². The molecule has 0 saturated heterocycles. The maximum Gasteiger partial charge on any atom is 0.416 e. The minimum atomic E-state index is -4.72. The summed E-state index contributed by atoms with van der Waals surface area (Å²) < 4.78 is 37.9. The van der Waals surface area contributed by atoms with E-state index >= 15 is 0 Å². The number of benzene rings is 1. The number of aliphatic hydroxyl groups excluding tert-OH is 1. The lowest BCUT2D eigenvalue weighted by Crippen LogP contribution is -2.38. The Morgan fingerprint density at radius 1 is 1.26 bits per heavy atom. The van der Waals surface area contributed by atoms with E-state index in [1.54, 1.807) is 0 Å². The standard InChI is InChI=1S/C14H15F3N2O4/c15-14(16,17)8-1-6-11(12(7-8)19(22)23)13(21)18-9-2-4-10(20)5-3-9/h1,6-7,9-10,20H,2-5H2,(H,18,21). The van der Waals surface area contributed by atoms with Gasteiger partial charge in [-0.3, -0.25) is 14.9 Å². The highest BCUT2D eigenvalue weighted by atomic mass is 19.4. The predicted octanol–water partition coefficient (Wildman–Crippen LogP) is 2.65. The maximum absolute atomic E-state index is 12.6. The van der Waals surface area contributed by atoms with Crippen LogP contribution in [0, 0.1) is 10.1 Å². The van der Waals surface area contributed by atoms with Crippen LogP contribution in [0.2, 0.25) is 0 Å². The van der Waals surface area contributed by atoms with E-state index in [4.69, 9.17) is 0 Å². The highest BCUT2D eigenvalue weighted by Crippen LogP contribution is 2.33. The Hall–Kier alpha value is -2.16. The Kier molecular flexibility index (Phi) is 4.88. The maximum atomic E-state index is 12.6. The van der Waals surface area contributed by atoms with Crippen LogP contribution < -0.4 is 5.32 Å². The zero-order chi connectivity index (χ0) is 17.2. The van der Waals surface area contributed by atoms with Crippen LogP contribution in [0.25, 0.3) is 0 Å². The van der Waals surface area contributed by atoms with Crippen molar-refractivity contribution in [3.8, 4) is 0 Å². The number of amides is 1. The number of carbonyl (C=O) groups excluding carboxylic acids is 1. The van der Waals surface area contributed by atoms with Crippen LogP contribution in [0.4, 0.5) is 18.9 Å². The molecule has 2 N–H and O–H groups in total. The summed E-state index contributed by atoms with van der Waals surface area (Å²) in [6, 6.07) is 1.56. The van der Waals surface area contributed by atoms with Gasteiger partial charge in [0.15, 0.2) is 0 Å². The number of hydrogen-bond acceptors (Lipinski definition) is 4. The number of hydrogen-bond donors (Lipinski definition) is 2. The van der Waals surface area contributed by atoms with Gasteiger partial charge in [0.1, 0.15) is 5.56 Å². The van der Waals surface area contributed by atoms with Gasteiger partial charge in [0, 0.05) is 12.1 Å². The van der Waals surface area contributed by atoms with E-state index in [1.807, 2.05) is 0 Å². The number of nitrogens with one attached hydrogen (secondary N) is 1. The summed E-state index contributed by atoms with van der Waals surface area (Å²) in [4.78, 5) is 22.1. The third-order valence-corrected chi connectivity index (χ3v) is 3.80. The lowest BCUT2D eigenvalue weighted by atomic mass is 9.93. The number of nitro benzene ring substituents is 1. The van der Waals surface area contributed by atoms with E-state index in [-0.39, 0.29) is 6.04 Å². The molecule has 1 amide bonds. The Morgan fingerprint density at radius 3 is 2.39 bits per heavy atom. The lowest BCUT2D eigenvalue weighted by Gasteiger charge is -2.26. The average molecular weight is 332 g/mol. The van der Waals surface area contributed by atoms with Crippen molar-refractivity contribution in [2.45, 2.75) is 44.0 Å². The third kappa shape index (κ3) is 4.19. The molecule has 0 atom stereocenters. The normalized spacial score (nSPS) is 21.7. The molecule has 0 unspecified atom stereocenters. The summed E-state index contributed by atoms with van der Waals surface area (Å²) in [5.74, 6) is -0.785. The monoisotopic (exact) mass is 332 g/mol. The predicted molar refractivity (Wildman–Crippen MR) is 73.8 cm³/mol. The molecule has 1 aromatic rings. The van der Waals surface area contributed by atoms with E-state index in [9.17, 15) is 33.2 Å². The summed E-state index contributed by atoms with van der Waals surface area (Å²) in [6.07, 6.45) is -3.12. The number of carbonyl (C=O) groups is 1. The van der Waals surface area contributed by atoms with Gasteiger partial charge >= 0.3 is 6.18 Å². The fourth-order valence-electron chi connectivity index (χ4n) is 2.53. The molecule has 0 radical (unpaired) electrons. The lowest BCUT2D eigenvalue weighted by molar-refractivity contribution is -0.385. The molecule has 1 saturated carbocycles. The van der Waals surface area contributed by atoms with Crippen molar-refractivity contribution in [2.24, 2.45) is 0 Å². The van der Waals surface area contributed by atoms with Crippen LogP contribution in [0.3, 0.4) is 0 Å². The van der Waals surface area contributed by atoms with Gasteiger partial charge in [0.25, 0.3) is 11.6 Å². The van der Waals surface area contributed by atoms with E-state index in [0.717, 1.165) is 6.07 Å². The Morgan fingerprint density at radius 2 is 1.87 bits per heavy atom. The fraction of sp³-hybridized carbons (Fsp3) is 0.500. The van der Waals surface area contributed by atoms with Crippen molar-refractivity contribution in [3.63, 3.8) is 0 Å². The summed E-state index contributed by atoms with van der Waals surface area (Å²) in [5, 5.41) is 22.9. The minimum absolute atomic E-state index is 0.257. The van der Waals surface area contributed by atoms with E-state index in [0.29, 0.717) is 37.8 Å². The largest absolute Gasteiger partial charge is 0.416 e. The Labute approximate surface area is 129 Å². The van der Waals surface area contributed by atoms with E-state index < -0.39 is 39.9 Å². The summed E-state index contributed by atoms with van der Waals surface area (Å²) in [7, 11) is 0. The van der Waals surface area contributed by atoms with Crippen LogP contribution in [0.1, 0.15) is 41.6 Å².